The molecule has 3 aromatic rings. The first-order chi connectivity index (χ1) is 11.1. The Kier molecular flexibility index (Phi) is 4.25. The summed E-state index contributed by atoms with van der Waals surface area (Å²) in [7, 11) is 0. The van der Waals surface area contributed by atoms with Gasteiger partial charge in [0.25, 0.3) is 11.7 Å². The third kappa shape index (κ3) is 3.17. The molecule has 1 aromatic carbocycles. The van der Waals surface area contributed by atoms with Crippen LogP contribution in [0.3, 0.4) is 0 Å². The Balaban J connectivity index is 1.83. The van der Waals surface area contributed by atoms with Crippen molar-refractivity contribution in [1.82, 2.24) is 24.9 Å². The molecular weight excluding hydrogens is 314 g/mol. The largest absolute Gasteiger partial charge is 0.342 e. The van der Waals surface area contributed by atoms with E-state index in [4.69, 9.17) is 11.6 Å². The number of hydrogen-bond acceptors (Lipinski definition) is 4. The number of nitrogens with one attached hydrogen (secondary N) is 1. The average Bonchev–Trinajstić information content (AvgIpc) is 2.99. The van der Waals surface area contributed by atoms with Gasteiger partial charge in [-0.2, -0.15) is 4.98 Å². The third-order valence-electron chi connectivity index (χ3n) is 3.62. The summed E-state index contributed by atoms with van der Waals surface area (Å²) >= 11 is 5.90. The van der Waals surface area contributed by atoms with Crippen LogP contribution in [0.25, 0.3) is 5.78 Å². The lowest BCUT2D eigenvalue weighted by molar-refractivity contribution is 0.0925. The lowest BCUT2D eigenvalue weighted by Gasteiger charge is -2.16. The van der Waals surface area contributed by atoms with E-state index in [-0.39, 0.29) is 17.8 Å². The molecule has 3 rings (SSSR count). The number of amides is 1. The number of carbonyl (C=O) groups excluding carboxylic acids is 1. The van der Waals surface area contributed by atoms with Crippen molar-refractivity contribution in [3.8, 4) is 0 Å². The summed E-state index contributed by atoms with van der Waals surface area (Å²) in [5, 5.41) is 7.83. The fraction of sp³-hybridized carbons (Fsp3) is 0.250. The molecule has 7 heteroatoms. The number of carbonyl (C=O) groups is 1. The predicted octanol–water partition coefficient (Wildman–Crippen LogP) is 2.97. The molecule has 23 heavy (non-hydrogen) atoms. The molecule has 0 spiro atoms. The average molecular weight is 330 g/mol. The first kappa shape index (κ1) is 15.4. The lowest BCUT2D eigenvalue weighted by Crippen LogP contribution is -2.29. The number of halogens is 1. The monoisotopic (exact) mass is 329 g/mol. The van der Waals surface area contributed by atoms with E-state index in [0.29, 0.717) is 10.8 Å². The maximum atomic E-state index is 12.4. The Morgan fingerprint density at radius 3 is 2.70 bits per heavy atom. The molecule has 0 fully saturated rings. The van der Waals surface area contributed by atoms with E-state index in [1.54, 1.807) is 10.7 Å². The number of aromatic nitrogens is 4. The second-order valence-corrected chi connectivity index (χ2v) is 5.66. The molecule has 2 heterocycles. The van der Waals surface area contributed by atoms with Gasteiger partial charge in [0.15, 0.2) is 0 Å². The number of rotatable bonds is 4. The van der Waals surface area contributed by atoms with Crippen LogP contribution in [0.4, 0.5) is 0 Å². The van der Waals surface area contributed by atoms with E-state index < -0.39 is 0 Å². The lowest BCUT2D eigenvalue weighted by atomic mass is 10.0. The minimum Gasteiger partial charge on any atom is -0.342 e. The highest BCUT2D eigenvalue weighted by Crippen LogP contribution is 2.19. The smallest absolute Gasteiger partial charge is 0.291 e. The standard InChI is InChI=1S/C16H16ClN5O/c1-3-13(11-4-6-12(17)7-5-11)19-15(23)14-20-16-18-9-8-10(2)22(16)21-14/h4-9,13H,3H2,1-2H3,(H,19,23). The summed E-state index contributed by atoms with van der Waals surface area (Å²) < 4.78 is 1.55. The molecule has 0 aliphatic heterocycles. The molecule has 0 aliphatic rings. The van der Waals surface area contributed by atoms with Crippen molar-refractivity contribution in [2.75, 3.05) is 0 Å². The van der Waals surface area contributed by atoms with Crippen molar-refractivity contribution in [3.63, 3.8) is 0 Å². The van der Waals surface area contributed by atoms with Gasteiger partial charge in [0.05, 0.1) is 6.04 Å². The van der Waals surface area contributed by atoms with Gasteiger partial charge in [-0.25, -0.2) is 9.50 Å². The van der Waals surface area contributed by atoms with Crippen LogP contribution >= 0.6 is 11.6 Å². The summed E-state index contributed by atoms with van der Waals surface area (Å²) in [4.78, 5) is 20.7. The molecule has 0 bridgehead atoms. The quantitative estimate of drug-likeness (QED) is 0.798. The van der Waals surface area contributed by atoms with Gasteiger partial charge in [-0.1, -0.05) is 30.7 Å². The molecule has 118 valence electrons. The molecular formula is C16H16ClN5O. The molecule has 1 atom stereocenters. The first-order valence-electron chi connectivity index (χ1n) is 7.33. The third-order valence-corrected chi connectivity index (χ3v) is 3.87. The van der Waals surface area contributed by atoms with Crippen LogP contribution in [0, 0.1) is 6.92 Å². The van der Waals surface area contributed by atoms with Crippen LogP contribution < -0.4 is 5.32 Å². The number of nitrogens with zero attached hydrogens (tertiary/aromatic N) is 4. The summed E-state index contributed by atoms with van der Waals surface area (Å²) in [5.41, 5.74) is 1.86. The van der Waals surface area contributed by atoms with Crippen molar-refractivity contribution in [2.45, 2.75) is 26.3 Å². The topological polar surface area (TPSA) is 72.2 Å². The predicted molar refractivity (Wildman–Crippen MR) is 87.5 cm³/mol. The second-order valence-electron chi connectivity index (χ2n) is 5.22. The highest BCUT2D eigenvalue weighted by Gasteiger charge is 2.18. The van der Waals surface area contributed by atoms with E-state index in [0.717, 1.165) is 17.7 Å². The maximum absolute atomic E-state index is 12.4. The van der Waals surface area contributed by atoms with E-state index >= 15 is 0 Å². The zero-order chi connectivity index (χ0) is 16.4. The highest BCUT2D eigenvalue weighted by atomic mass is 35.5. The van der Waals surface area contributed by atoms with Crippen LogP contribution in [0.2, 0.25) is 5.02 Å². The molecule has 0 saturated heterocycles. The number of aryl methyl sites for hydroxylation is 1. The molecule has 0 radical (unpaired) electrons. The van der Waals surface area contributed by atoms with Gasteiger partial charge in [-0.3, -0.25) is 4.79 Å². The van der Waals surface area contributed by atoms with Crippen molar-refractivity contribution in [3.05, 3.63) is 58.6 Å². The zero-order valence-electron chi connectivity index (χ0n) is 12.8. The van der Waals surface area contributed by atoms with Gasteiger partial charge in [-0.05, 0) is 37.1 Å². The molecule has 0 aliphatic carbocycles. The summed E-state index contributed by atoms with van der Waals surface area (Å²) in [6.07, 6.45) is 2.39. The molecule has 1 amide bonds. The first-order valence-corrected chi connectivity index (χ1v) is 7.71. The van der Waals surface area contributed by atoms with E-state index in [1.807, 2.05) is 44.2 Å². The summed E-state index contributed by atoms with van der Waals surface area (Å²) in [6.45, 7) is 3.88. The number of hydrogen-bond donors (Lipinski definition) is 1. The summed E-state index contributed by atoms with van der Waals surface area (Å²) in [5.74, 6) is 0.200. The Hall–Kier alpha value is -2.47. The fourth-order valence-corrected chi connectivity index (χ4v) is 2.47. The molecule has 6 nitrogen and oxygen atoms in total. The van der Waals surface area contributed by atoms with Crippen LogP contribution in [0.1, 0.15) is 41.3 Å². The van der Waals surface area contributed by atoms with Crippen molar-refractivity contribution < 1.29 is 4.79 Å². The van der Waals surface area contributed by atoms with Gasteiger partial charge < -0.3 is 5.32 Å². The SMILES string of the molecule is CCC(NC(=O)c1nc2nccc(C)n2n1)c1ccc(Cl)cc1. The van der Waals surface area contributed by atoms with Crippen molar-refractivity contribution >= 4 is 23.3 Å². The number of benzene rings is 1. The Morgan fingerprint density at radius 1 is 1.30 bits per heavy atom. The fourth-order valence-electron chi connectivity index (χ4n) is 2.34. The zero-order valence-corrected chi connectivity index (χ0v) is 13.6. The van der Waals surface area contributed by atoms with Gasteiger partial charge in [-0.15, -0.1) is 5.10 Å². The van der Waals surface area contributed by atoms with Gasteiger partial charge in [0.1, 0.15) is 0 Å². The highest BCUT2D eigenvalue weighted by molar-refractivity contribution is 6.30. The molecule has 0 saturated carbocycles. The molecule has 1 N–H and O–H groups in total. The van der Waals surface area contributed by atoms with Crippen molar-refractivity contribution in [2.24, 2.45) is 0 Å². The van der Waals surface area contributed by atoms with Crippen LogP contribution in [-0.2, 0) is 0 Å². The summed E-state index contributed by atoms with van der Waals surface area (Å²) in [6, 6.07) is 9.11. The van der Waals surface area contributed by atoms with E-state index in [9.17, 15) is 4.79 Å². The van der Waals surface area contributed by atoms with E-state index in [1.165, 1.54) is 0 Å². The Bertz CT molecular complexity index is 843. The van der Waals surface area contributed by atoms with Gasteiger partial charge in [0.2, 0.25) is 5.82 Å². The Labute approximate surface area is 138 Å². The molecule has 1 unspecified atom stereocenters. The second kappa shape index (κ2) is 6.34. The van der Waals surface area contributed by atoms with Crippen LogP contribution in [0.15, 0.2) is 36.5 Å². The van der Waals surface area contributed by atoms with Crippen LogP contribution in [-0.4, -0.2) is 25.5 Å². The van der Waals surface area contributed by atoms with Crippen molar-refractivity contribution in [1.29, 1.82) is 0 Å². The minimum absolute atomic E-state index is 0.110. The Morgan fingerprint density at radius 2 is 2.04 bits per heavy atom. The van der Waals surface area contributed by atoms with Crippen LogP contribution in [0.5, 0.6) is 0 Å². The van der Waals surface area contributed by atoms with E-state index in [2.05, 4.69) is 20.4 Å². The molecule has 2 aromatic heterocycles. The normalized spacial score (nSPS) is 12.3. The van der Waals surface area contributed by atoms with Gasteiger partial charge in [0, 0.05) is 16.9 Å². The minimum atomic E-state index is -0.322. The maximum Gasteiger partial charge on any atom is 0.291 e. The number of fused-ring (bicyclic) bond motifs is 1. The van der Waals surface area contributed by atoms with Gasteiger partial charge >= 0.3 is 0 Å².